The molecule has 0 aromatic heterocycles. The first-order valence-electron chi connectivity index (χ1n) is 9.39. The first kappa shape index (κ1) is 21.5. The number of hydrogen-bond acceptors (Lipinski definition) is 6. The van der Waals surface area contributed by atoms with E-state index in [1.807, 2.05) is 6.07 Å². The van der Waals surface area contributed by atoms with Crippen molar-refractivity contribution in [3.05, 3.63) is 42.5 Å². The van der Waals surface area contributed by atoms with Crippen LogP contribution in [0.2, 0.25) is 0 Å². The van der Waals surface area contributed by atoms with E-state index in [0.29, 0.717) is 36.1 Å². The van der Waals surface area contributed by atoms with Crippen molar-refractivity contribution in [3.63, 3.8) is 0 Å². The van der Waals surface area contributed by atoms with E-state index in [1.54, 1.807) is 43.3 Å². The van der Waals surface area contributed by atoms with Crippen molar-refractivity contribution in [1.82, 2.24) is 0 Å². The number of benzene rings is 2. The van der Waals surface area contributed by atoms with E-state index in [2.05, 4.69) is 10.6 Å². The molecule has 30 heavy (non-hydrogen) atoms. The lowest BCUT2D eigenvalue weighted by Crippen LogP contribution is -2.22. The number of carboxylic acids is 1. The van der Waals surface area contributed by atoms with Crippen LogP contribution < -0.4 is 20.1 Å². The van der Waals surface area contributed by atoms with Gasteiger partial charge in [-0.15, -0.1) is 11.8 Å². The summed E-state index contributed by atoms with van der Waals surface area (Å²) in [5.74, 6) is -0.307. The van der Waals surface area contributed by atoms with Crippen molar-refractivity contribution < 1.29 is 29.0 Å². The van der Waals surface area contributed by atoms with Crippen molar-refractivity contribution in [1.29, 1.82) is 0 Å². The molecular weight excluding hydrogens is 408 g/mol. The quantitative estimate of drug-likeness (QED) is 0.550. The molecule has 3 N–H and O–H groups in total. The zero-order chi connectivity index (χ0) is 21.5. The number of nitrogens with one attached hydrogen (secondary N) is 2. The van der Waals surface area contributed by atoms with Crippen LogP contribution in [-0.4, -0.2) is 41.4 Å². The van der Waals surface area contributed by atoms with Crippen molar-refractivity contribution in [2.45, 2.75) is 29.9 Å². The standard InChI is InChI=1S/C21H22N2O6S/c1-13(21(27)23-15-5-6-17-18(12-15)29-10-9-28-17)30-16-4-2-3-14(11-16)22-19(24)7-8-20(25)26/h2-6,11-13H,7-10H2,1H3,(H,22,24)(H,23,27)(H,25,26). The zero-order valence-electron chi connectivity index (χ0n) is 16.3. The Kier molecular flexibility index (Phi) is 7.18. The van der Waals surface area contributed by atoms with Crippen LogP contribution in [-0.2, 0) is 14.4 Å². The summed E-state index contributed by atoms with van der Waals surface area (Å²) in [6.07, 6.45) is -0.321. The molecule has 0 fully saturated rings. The van der Waals surface area contributed by atoms with Gasteiger partial charge in [-0.25, -0.2) is 0 Å². The summed E-state index contributed by atoms with van der Waals surface area (Å²) in [6.45, 7) is 2.77. The SMILES string of the molecule is CC(Sc1cccc(NC(=O)CCC(=O)O)c1)C(=O)Nc1ccc2c(c1)OCCO2. The van der Waals surface area contributed by atoms with Gasteiger partial charge in [-0.3, -0.25) is 14.4 Å². The topological polar surface area (TPSA) is 114 Å². The lowest BCUT2D eigenvalue weighted by atomic mass is 10.2. The van der Waals surface area contributed by atoms with Gasteiger partial charge >= 0.3 is 5.97 Å². The summed E-state index contributed by atoms with van der Waals surface area (Å²) in [4.78, 5) is 35.7. The first-order chi connectivity index (χ1) is 14.4. The Hall–Kier alpha value is -3.20. The summed E-state index contributed by atoms with van der Waals surface area (Å²) in [5, 5.41) is 13.8. The van der Waals surface area contributed by atoms with Crippen LogP contribution in [0.4, 0.5) is 11.4 Å². The van der Waals surface area contributed by atoms with E-state index < -0.39 is 11.2 Å². The molecule has 8 nitrogen and oxygen atoms in total. The van der Waals surface area contributed by atoms with Crippen LogP contribution in [0.15, 0.2) is 47.4 Å². The minimum absolute atomic E-state index is 0.0962. The van der Waals surface area contributed by atoms with Gasteiger partial charge in [0.1, 0.15) is 13.2 Å². The van der Waals surface area contributed by atoms with E-state index >= 15 is 0 Å². The van der Waals surface area contributed by atoms with Gasteiger partial charge in [0.25, 0.3) is 0 Å². The van der Waals surface area contributed by atoms with Crippen molar-refractivity contribution in [2.24, 2.45) is 0 Å². The summed E-state index contributed by atoms with van der Waals surface area (Å²) >= 11 is 1.35. The molecule has 1 aliphatic rings. The highest BCUT2D eigenvalue weighted by Gasteiger charge is 2.17. The monoisotopic (exact) mass is 430 g/mol. The maximum absolute atomic E-state index is 12.6. The predicted octanol–water partition coefficient (Wildman–Crippen LogP) is 3.38. The number of anilines is 2. The molecule has 9 heteroatoms. The van der Waals surface area contributed by atoms with Crippen LogP contribution in [0.3, 0.4) is 0 Å². The number of carboxylic acid groups (broad SMARTS) is 1. The van der Waals surface area contributed by atoms with Gasteiger partial charge in [0.2, 0.25) is 11.8 Å². The number of ether oxygens (including phenoxy) is 2. The molecule has 1 heterocycles. The summed E-state index contributed by atoms with van der Waals surface area (Å²) in [5.41, 5.74) is 1.17. The average molecular weight is 430 g/mol. The summed E-state index contributed by atoms with van der Waals surface area (Å²) < 4.78 is 11.0. The Morgan fingerprint density at radius 2 is 1.73 bits per heavy atom. The number of amides is 2. The smallest absolute Gasteiger partial charge is 0.303 e. The number of hydrogen-bond donors (Lipinski definition) is 3. The molecule has 0 radical (unpaired) electrons. The van der Waals surface area contributed by atoms with E-state index in [0.717, 1.165) is 4.90 Å². The third kappa shape index (κ3) is 6.15. The predicted molar refractivity (Wildman–Crippen MR) is 113 cm³/mol. The van der Waals surface area contributed by atoms with Gasteiger partial charge in [0.15, 0.2) is 11.5 Å². The van der Waals surface area contributed by atoms with Crippen LogP contribution in [0.25, 0.3) is 0 Å². The molecule has 1 aliphatic heterocycles. The van der Waals surface area contributed by atoms with E-state index in [4.69, 9.17) is 14.6 Å². The van der Waals surface area contributed by atoms with Crippen LogP contribution in [0, 0.1) is 0 Å². The average Bonchev–Trinajstić information content (AvgIpc) is 2.72. The molecule has 1 unspecified atom stereocenters. The molecule has 0 saturated heterocycles. The molecule has 0 saturated carbocycles. The molecule has 1 atom stereocenters. The van der Waals surface area contributed by atoms with Crippen LogP contribution in [0.5, 0.6) is 11.5 Å². The minimum atomic E-state index is -1.02. The highest BCUT2D eigenvalue weighted by molar-refractivity contribution is 8.00. The Balaban J connectivity index is 1.56. The zero-order valence-corrected chi connectivity index (χ0v) is 17.2. The van der Waals surface area contributed by atoms with Gasteiger partial charge in [0.05, 0.1) is 11.7 Å². The fourth-order valence-electron chi connectivity index (χ4n) is 2.71. The van der Waals surface area contributed by atoms with Gasteiger partial charge in [-0.2, -0.15) is 0 Å². The lowest BCUT2D eigenvalue weighted by Gasteiger charge is -2.19. The molecule has 3 rings (SSSR count). The maximum Gasteiger partial charge on any atom is 0.303 e. The van der Waals surface area contributed by atoms with Gasteiger partial charge in [-0.1, -0.05) is 6.07 Å². The third-order valence-electron chi connectivity index (χ3n) is 4.18. The Labute approximate surface area is 177 Å². The summed E-state index contributed by atoms with van der Waals surface area (Å²) in [6, 6.07) is 12.3. The molecule has 0 bridgehead atoms. The first-order valence-corrected chi connectivity index (χ1v) is 10.3. The number of thioether (sulfide) groups is 1. The van der Waals surface area contributed by atoms with Crippen molar-refractivity contribution >= 4 is 40.9 Å². The maximum atomic E-state index is 12.6. The Morgan fingerprint density at radius 3 is 2.50 bits per heavy atom. The molecular formula is C21H22N2O6S. The van der Waals surface area contributed by atoms with Gasteiger partial charge < -0.3 is 25.2 Å². The Morgan fingerprint density at radius 1 is 1.00 bits per heavy atom. The fraction of sp³-hybridized carbons (Fsp3) is 0.286. The summed E-state index contributed by atoms with van der Waals surface area (Å²) in [7, 11) is 0. The fourth-order valence-corrected chi connectivity index (χ4v) is 3.64. The van der Waals surface area contributed by atoms with E-state index in [9.17, 15) is 14.4 Å². The van der Waals surface area contributed by atoms with Crippen LogP contribution >= 0.6 is 11.8 Å². The highest BCUT2D eigenvalue weighted by atomic mass is 32.2. The number of fused-ring (bicyclic) bond motifs is 1. The van der Waals surface area contributed by atoms with Crippen molar-refractivity contribution in [3.8, 4) is 11.5 Å². The second-order valence-electron chi connectivity index (χ2n) is 6.58. The largest absolute Gasteiger partial charge is 0.486 e. The van der Waals surface area contributed by atoms with Gasteiger partial charge in [0, 0.05) is 28.8 Å². The molecule has 2 aromatic carbocycles. The molecule has 158 valence electrons. The molecule has 2 aromatic rings. The lowest BCUT2D eigenvalue weighted by molar-refractivity contribution is -0.138. The van der Waals surface area contributed by atoms with Crippen molar-refractivity contribution in [2.75, 3.05) is 23.8 Å². The van der Waals surface area contributed by atoms with E-state index in [1.165, 1.54) is 11.8 Å². The number of carbonyl (C=O) groups is 3. The second-order valence-corrected chi connectivity index (χ2v) is 7.99. The normalized spacial score (nSPS) is 13.2. The van der Waals surface area contributed by atoms with Crippen LogP contribution in [0.1, 0.15) is 19.8 Å². The third-order valence-corrected chi connectivity index (χ3v) is 5.27. The molecule has 2 amide bonds. The number of carbonyl (C=O) groups excluding carboxylic acids is 2. The minimum Gasteiger partial charge on any atom is -0.486 e. The van der Waals surface area contributed by atoms with E-state index in [-0.39, 0.29) is 24.7 Å². The number of rotatable bonds is 8. The molecule has 0 spiro atoms. The highest BCUT2D eigenvalue weighted by Crippen LogP contribution is 2.33. The second kappa shape index (κ2) is 10.0. The molecule has 0 aliphatic carbocycles. The van der Waals surface area contributed by atoms with Gasteiger partial charge in [-0.05, 0) is 37.3 Å². The number of aliphatic carboxylic acids is 1. The Bertz CT molecular complexity index is 949.